The van der Waals surface area contributed by atoms with E-state index in [1.165, 1.54) is 0 Å². The summed E-state index contributed by atoms with van der Waals surface area (Å²) in [4.78, 5) is 10.4. The van der Waals surface area contributed by atoms with E-state index in [4.69, 9.17) is 25.5 Å². The van der Waals surface area contributed by atoms with Crippen molar-refractivity contribution in [3.05, 3.63) is 0 Å². The number of aliphatic hydroxyl groups is 4. The molecule has 7 heteroatoms. The molecule has 0 spiro atoms. The average Bonchev–Trinajstić information content (AvgIpc) is 2.07. The smallest absolute Gasteiger partial charge is 0.335 e. The van der Waals surface area contributed by atoms with E-state index < -0.39 is 36.7 Å². The van der Waals surface area contributed by atoms with Gasteiger partial charge in [-0.25, -0.2) is 4.79 Å². The van der Waals surface area contributed by atoms with Gasteiger partial charge in [-0.1, -0.05) is 0 Å². The largest absolute Gasteiger partial charge is 0.479 e. The Morgan fingerprint density at radius 2 is 1.54 bits per heavy atom. The maximum atomic E-state index is 10.4. The molecule has 1 aliphatic rings. The van der Waals surface area contributed by atoms with E-state index in [1.54, 1.807) is 0 Å². The molecule has 76 valence electrons. The van der Waals surface area contributed by atoms with Crippen molar-refractivity contribution in [3.63, 3.8) is 0 Å². The molecule has 1 aliphatic heterocycles. The van der Waals surface area contributed by atoms with Gasteiger partial charge in [-0.05, 0) is 0 Å². The van der Waals surface area contributed by atoms with E-state index in [1.807, 2.05) is 0 Å². The highest BCUT2D eigenvalue weighted by molar-refractivity contribution is 5.73. The Morgan fingerprint density at radius 1 is 1.00 bits per heavy atom. The average molecular weight is 200 g/mol. The number of carboxylic acid groups (broad SMARTS) is 1. The van der Waals surface area contributed by atoms with Crippen LogP contribution in [0.4, 0.5) is 0 Å². The summed E-state index contributed by atoms with van der Waals surface area (Å²) in [5.74, 6) is -1.52. The Hall–Kier alpha value is -0.730. The first-order chi connectivity index (χ1) is 5.95. The number of carboxylic acids is 1. The van der Waals surface area contributed by atoms with Crippen molar-refractivity contribution in [2.24, 2.45) is 0 Å². The second-order valence-corrected chi connectivity index (χ2v) is 2.76. The third-order valence-corrected chi connectivity index (χ3v) is 1.83. The van der Waals surface area contributed by atoms with E-state index in [0.717, 1.165) is 0 Å². The minimum absolute atomic E-state index is 1.52. The topological polar surface area (TPSA) is 127 Å². The molecule has 0 aromatic carbocycles. The standard InChI is InChI=1S/C6H10O7/c7-1-2(8)4(5(10)11)13-6(12)3(1)9/h1-4,6-9,12H,(H,10,11)/t1-,2-,3?,4?,6?/m0/s1/i1+1,2+1,3+1,4+1,5+1,6+1. The quantitative estimate of drug-likeness (QED) is 0.283. The van der Waals surface area contributed by atoms with Crippen LogP contribution in [0.25, 0.3) is 0 Å². The van der Waals surface area contributed by atoms with Crippen LogP contribution in [0.3, 0.4) is 0 Å². The molecule has 1 fully saturated rings. The van der Waals surface area contributed by atoms with Crippen LogP contribution in [0.1, 0.15) is 0 Å². The molecular formula is C6H10O7. The first-order valence-electron chi connectivity index (χ1n) is 3.55. The number of aliphatic hydroxyl groups excluding tert-OH is 4. The molecule has 3 unspecified atom stereocenters. The van der Waals surface area contributed by atoms with Crippen LogP contribution in [-0.4, -0.2) is 62.2 Å². The van der Waals surface area contributed by atoms with Crippen LogP contribution in [-0.2, 0) is 9.53 Å². The number of hydrogen-bond donors (Lipinski definition) is 5. The second kappa shape index (κ2) is 3.56. The van der Waals surface area contributed by atoms with Crippen LogP contribution >= 0.6 is 0 Å². The number of rotatable bonds is 1. The van der Waals surface area contributed by atoms with Crippen LogP contribution in [0.15, 0.2) is 0 Å². The van der Waals surface area contributed by atoms with Gasteiger partial charge in [-0.3, -0.25) is 0 Å². The summed E-state index contributed by atoms with van der Waals surface area (Å²) in [6.45, 7) is 0. The molecule has 0 aliphatic carbocycles. The number of carbonyl (C=O) groups is 1. The molecule has 0 bridgehead atoms. The third-order valence-electron chi connectivity index (χ3n) is 1.83. The van der Waals surface area contributed by atoms with Gasteiger partial charge in [-0.2, -0.15) is 0 Å². The molecule has 13 heavy (non-hydrogen) atoms. The highest BCUT2D eigenvalue weighted by Crippen LogP contribution is 2.19. The zero-order valence-corrected chi connectivity index (χ0v) is 6.44. The minimum Gasteiger partial charge on any atom is -0.479 e. The van der Waals surface area contributed by atoms with Gasteiger partial charge < -0.3 is 30.3 Å². The Balaban J connectivity index is 2.76. The van der Waals surface area contributed by atoms with Crippen molar-refractivity contribution in [3.8, 4) is 0 Å². The van der Waals surface area contributed by atoms with Crippen molar-refractivity contribution in [1.29, 1.82) is 0 Å². The first kappa shape index (κ1) is 10.4. The highest BCUT2D eigenvalue weighted by atomic mass is 16.8. The van der Waals surface area contributed by atoms with Crippen LogP contribution in [0.5, 0.6) is 0 Å². The van der Waals surface area contributed by atoms with E-state index in [2.05, 4.69) is 4.74 Å². The molecule has 0 aromatic rings. The first-order valence-corrected chi connectivity index (χ1v) is 3.55. The molecule has 0 aromatic heterocycles. The van der Waals surface area contributed by atoms with Gasteiger partial charge in [0.25, 0.3) is 0 Å². The van der Waals surface area contributed by atoms with Crippen molar-refractivity contribution in [2.75, 3.05) is 0 Å². The molecule has 0 saturated carbocycles. The molecular weight excluding hydrogens is 190 g/mol. The second-order valence-electron chi connectivity index (χ2n) is 2.76. The zero-order valence-electron chi connectivity index (χ0n) is 6.44. The lowest BCUT2D eigenvalue weighted by Crippen LogP contribution is -2.59. The summed E-state index contributed by atoms with van der Waals surface area (Å²) in [5, 5.41) is 44.4. The summed E-state index contributed by atoms with van der Waals surface area (Å²) in [6, 6.07) is 0. The fraction of sp³-hybridized carbons (Fsp3) is 0.833. The van der Waals surface area contributed by atoms with E-state index in [9.17, 15) is 4.79 Å². The summed E-state index contributed by atoms with van der Waals surface area (Å²) in [5.41, 5.74) is 0. The SMILES string of the molecule is O=[13C](O)[13CH]1O[13CH](O)[13CH](O)[13C@@H](O)[13C@@H]1O. The number of aliphatic carboxylic acids is 1. The molecule has 0 amide bonds. The third kappa shape index (κ3) is 1.79. The molecule has 1 rings (SSSR count). The number of ether oxygens (including phenoxy) is 1. The normalized spacial score (nSPS) is 46.0. The monoisotopic (exact) mass is 200 g/mol. The molecule has 1 saturated heterocycles. The van der Waals surface area contributed by atoms with Crippen LogP contribution in [0, 0.1) is 0 Å². The van der Waals surface area contributed by atoms with Crippen molar-refractivity contribution in [2.45, 2.75) is 30.7 Å². The molecule has 0 radical (unpaired) electrons. The molecule has 7 nitrogen and oxygen atoms in total. The summed E-state index contributed by atoms with van der Waals surface area (Å²) in [7, 11) is 0. The van der Waals surface area contributed by atoms with Gasteiger partial charge in [-0.15, -0.1) is 0 Å². The lowest BCUT2D eigenvalue weighted by Gasteiger charge is -2.36. The minimum atomic E-state index is -1.81. The van der Waals surface area contributed by atoms with Gasteiger partial charge in [0.05, 0.1) is 0 Å². The lowest BCUT2D eigenvalue weighted by molar-refractivity contribution is -0.279. The lowest BCUT2D eigenvalue weighted by atomic mass is 10.9. The molecule has 5 atom stereocenters. The fourth-order valence-electron chi connectivity index (χ4n) is 1.07. The summed E-state index contributed by atoms with van der Waals surface area (Å²) >= 11 is 0. The Bertz CT molecular complexity index is 205. The number of hydrogen-bond acceptors (Lipinski definition) is 6. The van der Waals surface area contributed by atoms with Crippen molar-refractivity contribution in [1.82, 2.24) is 0 Å². The van der Waals surface area contributed by atoms with E-state index in [-0.39, 0.29) is 0 Å². The Kier molecular flexibility index (Phi) is 2.84. The van der Waals surface area contributed by atoms with Crippen LogP contribution < -0.4 is 0 Å². The Morgan fingerprint density at radius 3 is 2.00 bits per heavy atom. The summed E-state index contributed by atoms with van der Waals surface area (Å²) < 4.78 is 4.34. The van der Waals surface area contributed by atoms with E-state index >= 15 is 0 Å². The maximum Gasteiger partial charge on any atom is 0.335 e. The Labute approximate surface area is 72.8 Å². The zero-order chi connectivity index (χ0) is 10.2. The van der Waals surface area contributed by atoms with Gasteiger partial charge in [0.2, 0.25) is 0 Å². The summed E-state index contributed by atoms with van der Waals surface area (Å²) in [6.07, 6.45) is -8.72. The van der Waals surface area contributed by atoms with Gasteiger partial charge in [0, 0.05) is 0 Å². The van der Waals surface area contributed by atoms with Gasteiger partial charge >= 0.3 is 5.97 Å². The van der Waals surface area contributed by atoms with Crippen molar-refractivity contribution < 1.29 is 35.1 Å². The fourth-order valence-corrected chi connectivity index (χ4v) is 1.07. The predicted molar refractivity (Wildman–Crippen MR) is 36.5 cm³/mol. The van der Waals surface area contributed by atoms with Crippen molar-refractivity contribution >= 4 is 5.97 Å². The highest BCUT2D eigenvalue weighted by Gasteiger charge is 2.46. The molecule has 5 N–H and O–H groups in total. The maximum absolute atomic E-state index is 10.4. The molecule has 1 heterocycles. The van der Waals surface area contributed by atoms with Gasteiger partial charge in [0.15, 0.2) is 12.4 Å². The van der Waals surface area contributed by atoms with Gasteiger partial charge in [0.1, 0.15) is 18.3 Å². The van der Waals surface area contributed by atoms with E-state index in [0.29, 0.717) is 0 Å². The predicted octanol–water partition coefficient (Wildman–Crippen LogP) is -3.13. The van der Waals surface area contributed by atoms with Crippen LogP contribution in [0.2, 0.25) is 0 Å².